The minimum atomic E-state index is -0.852. The Kier molecular flexibility index (Phi) is 4.00. The van der Waals surface area contributed by atoms with Crippen LogP contribution in [-0.2, 0) is 4.79 Å². The van der Waals surface area contributed by atoms with Gasteiger partial charge in [0.25, 0.3) is 5.91 Å². The Labute approximate surface area is 158 Å². The highest BCUT2D eigenvalue weighted by Gasteiger charge is 2.57. The third-order valence-corrected chi connectivity index (χ3v) is 6.36. The molecule has 0 aliphatic carbocycles. The first-order chi connectivity index (χ1) is 12.7. The van der Waals surface area contributed by atoms with Crippen LogP contribution >= 0.6 is 0 Å². The Morgan fingerprint density at radius 3 is 2.59 bits per heavy atom. The number of pyridine rings is 1. The summed E-state index contributed by atoms with van der Waals surface area (Å²) in [5, 5.41) is 10.7. The second kappa shape index (κ2) is 6.02. The van der Waals surface area contributed by atoms with Gasteiger partial charge in [-0.3, -0.25) is 14.6 Å². The molecule has 0 bridgehead atoms. The molecule has 1 aromatic carbocycles. The van der Waals surface area contributed by atoms with Gasteiger partial charge in [0.05, 0.1) is 11.1 Å². The van der Waals surface area contributed by atoms with E-state index in [1.165, 1.54) is 0 Å². The molecule has 2 fully saturated rings. The van der Waals surface area contributed by atoms with Gasteiger partial charge in [-0.15, -0.1) is 0 Å². The van der Waals surface area contributed by atoms with Gasteiger partial charge >= 0.3 is 5.97 Å². The first-order valence-electron chi connectivity index (χ1n) is 9.32. The monoisotopic (exact) mass is 367 g/mol. The molecule has 6 nitrogen and oxygen atoms in total. The molecule has 4 rings (SSSR count). The minimum Gasteiger partial charge on any atom is -0.481 e. The molecule has 142 valence electrons. The van der Waals surface area contributed by atoms with Crippen molar-refractivity contribution in [1.82, 2.24) is 14.8 Å². The van der Waals surface area contributed by atoms with Crippen molar-refractivity contribution in [1.29, 1.82) is 0 Å². The van der Waals surface area contributed by atoms with Crippen LogP contribution in [0.25, 0.3) is 10.9 Å². The van der Waals surface area contributed by atoms with Crippen molar-refractivity contribution in [3.63, 3.8) is 0 Å². The summed E-state index contributed by atoms with van der Waals surface area (Å²) in [5.41, 5.74) is 3.63. The van der Waals surface area contributed by atoms with Crippen LogP contribution in [0.3, 0.4) is 0 Å². The molecule has 3 heterocycles. The fourth-order valence-corrected chi connectivity index (χ4v) is 4.78. The first kappa shape index (κ1) is 17.9. The van der Waals surface area contributed by atoms with Gasteiger partial charge in [0.1, 0.15) is 5.41 Å². The van der Waals surface area contributed by atoms with E-state index in [1.807, 2.05) is 46.0 Å². The van der Waals surface area contributed by atoms with Crippen LogP contribution < -0.4 is 0 Å². The van der Waals surface area contributed by atoms with E-state index < -0.39 is 11.4 Å². The highest BCUT2D eigenvalue weighted by atomic mass is 16.4. The molecule has 0 saturated carbocycles. The summed E-state index contributed by atoms with van der Waals surface area (Å²) in [6.45, 7) is 7.91. The Hall–Kier alpha value is -2.47. The summed E-state index contributed by atoms with van der Waals surface area (Å²) >= 11 is 0. The lowest BCUT2D eigenvalue weighted by molar-refractivity contribution is -0.148. The van der Waals surface area contributed by atoms with Crippen LogP contribution in [0.2, 0.25) is 0 Å². The molecule has 2 aliphatic rings. The fourth-order valence-electron chi connectivity index (χ4n) is 4.78. The number of aliphatic carboxylic acids is 1. The molecule has 6 heteroatoms. The van der Waals surface area contributed by atoms with E-state index >= 15 is 0 Å². The van der Waals surface area contributed by atoms with Crippen LogP contribution in [0.1, 0.15) is 27.2 Å². The number of rotatable bonds is 2. The summed E-state index contributed by atoms with van der Waals surface area (Å²) < 4.78 is 0. The van der Waals surface area contributed by atoms with Crippen molar-refractivity contribution >= 4 is 22.8 Å². The van der Waals surface area contributed by atoms with Crippen molar-refractivity contribution in [3.05, 3.63) is 40.6 Å². The third-order valence-electron chi connectivity index (χ3n) is 6.36. The number of carbonyl (C=O) groups excluding carboxylic acids is 1. The smallest absolute Gasteiger partial charge is 0.313 e. The van der Waals surface area contributed by atoms with E-state index in [1.54, 1.807) is 4.90 Å². The molecule has 2 aromatic rings. The average molecular weight is 367 g/mol. The second-order valence-electron chi connectivity index (χ2n) is 8.26. The standard InChI is InChI=1S/C21H25N3O3/c1-12-5-6-16-17(7-13(2)22-18(16)14(12)3)19(25)24-9-15-8-23(4)10-21(15,11-24)20(26)27/h5-7,15H,8-11H2,1-4H3,(H,26,27)/t15-,21-/m0/s1. The first-order valence-corrected chi connectivity index (χ1v) is 9.32. The third kappa shape index (κ3) is 2.62. The molecule has 2 aliphatic heterocycles. The van der Waals surface area contributed by atoms with E-state index in [0.717, 1.165) is 27.7 Å². The Bertz CT molecular complexity index is 971. The van der Waals surface area contributed by atoms with Gasteiger partial charge in [0.15, 0.2) is 0 Å². The van der Waals surface area contributed by atoms with Crippen molar-refractivity contribution in [2.24, 2.45) is 11.3 Å². The predicted octanol–water partition coefficient (Wildman–Crippen LogP) is 2.25. The van der Waals surface area contributed by atoms with Gasteiger partial charge in [0.2, 0.25) is 0 Å². The maximum atomic E-state index is 13.4. The summed E-state index contributed by atoms with van der Waals surface area (Å²) in [6, 6.07) is 5.79. The highest BCUT2D eigenvalue weighted by Crippen LogP contribution is 2.43. The number of carboxylic acids is 1. The molecule has 0 spiro atoms. The van der Waals surface area contributed by atoms with E-state index in [4.69, 9.17) is 0 Å². The van der Waals surface area contributed by atoms with Gasteiger partial charge in [-0.1, -0.05) is 12.1 Å². The van der Waals surface area contributed by atoms with E-state index in [-0.39, 0.29) is 18.4 Å². The quantitative estimate of drug-likeness (QED) is 0.881. The SMILES string of the molecule is Cc1cc(C(=O)N2C[C@@H]3CN(C)C[C@]3(C(=O)O)C2)c2ccc(C)c(C)c2n1. The lowest BCUT2D eigenvalue weighted by Gasteiger charge is -2.24. The van der Waals surface area contributed by atoms with Gasteiger partial charge in [-0.25, -0.2) is 0 Å². The van der Waals surface area contributed by atoms with Gasteiger partial charge in [-0.2, -0.15) is 0 Å². The normalized spacial score (nSPS) is 25.2. The lowest BCUT2D eigenvalue weighted by Crippen LogP contribution is -2.41. The average Bonchev–Trinajstić information content (AvgIpc) is 3.11. The Balaban J connectivity index is 1.75. The summed E-state index contributed by atoms with van der Waals surface area (Å²) in [4.78, 5) is 33.8. The number of amides is 1. The van der Waals surface area contributed by atoms with Gasteiger partial charge in [-0.05, 0) is 45.0 Å². The molecular formula is C21H25N3O3. The zero-order valence-electron chi connectivity index (χ0n) is 16.2. The number of carbonyl (C=O) groups is 2. The van der Waals surface area contributed by atoms with E-state index in [9.17, 15) is 14.7 Å². The van der Waals surface area contributed by atoms with Crippen molar-refractivity contribution in [2.45, 2.75) is 20.8 Å². The minimum absolute atomic E-state index is 0.0258. The van der Waals surface area contributed by atoms with Crippen LogP contribution in [0, 0.1) is 32.1 Å². The van der Waals surface area contributed by atoms with Crippen LogP contribution in [0.15, 0.2) is 18.2 Å². The number of nitrogens with zero attached hydrogens (tertiary/aromatic N) is 3. The number of hydrogen-bond donors (Lipinski definition) is 1. The van der Waals surface area contributed by atoms with Crippen molar-refractivity contribution < 1.29 is 14.7 Å². The van der Waals surface area contributed by atoms with Crippen molar-refractivity contribution in [3.8, 4) is 0 Å². The number of hydrogen-bond acceptors (Lipinski definition) is 4. The maximum absolute atomic E-state index is 13.4. The summed E-state index contributed by atoms with van der Waals surface area (Å²) in [5.74, 6) is -0.914. The van der Waals surface area contributed by atoms with E-state index in [2.05, 4.69) is 9.88 Å². The summed E-state index contributed by atoms with van der Waals surface area (Å²) in [7, 11) is 1.94. The zero-order valence-corrected chi connectivity index (χ0v) is 16.2. The molecular weight excluding hydrogens is 342 g/mol. The number of fused-ring (bicyclic) bond motifs is 2. The number of benzene rings is 1. The molecule has 2 atom stereocenters. The molecule has 0 unspecified atom stereocenters. The predicted molar refractivity (Wildman–Crippen MR) is 103 cm³/mol. The van der Waals surface area contributed by atoms with Crippen molar-refractivity contribution in [2.75, 3.05) is 33.2 Å². The van der Waals surface area contributed by atoms with Gasteiger partial charge < -0.3 is 14.9 Å². The van der Waals surface area contributed by atoms with Gasteiger partial charge in [0, 0.05) is 43.2 Å². The molecule has 2 saturated heterocycles. The molecule has 1 aromatic heterocycles. The van der Waals surface area contributed by atoms with Crippen LogP contribution in [-0.4, -0.2) is 65.0 Å². The zero-order chi connectivity index (χ0) is 19.5. The number of carboxylic acid groups (broad SMARTS) is 1. The maximum Gasteiger partial charge on any atom is 0.313 e. The molecule has 1 amide bonds. The summed E-state index contributed by atoms with van der Waals surface area (Å²) in [6.07, 6.45) is 0. The second-order valence-corrected chi connectivity index (χ2v) is 8.26. The molecule has 27 heavy (non-hydrogen) atoms. The van der Waals surface area contributed by atoms with Crippen LogP contribution in [0.5, 0.6) is 0 Å². The Morgan fingerprint density at radius 1 is 1.19 bits per heavy atom. The number of aryl methyl sites for hydroxylation is 3. The number of likely N-dealkylation sites (tertiary alicyclic amines) is 2. The van der Waals surface area contributed by atoms with E-state index in [0.29, 0.717) is 25.2 Å². The Morgan fingerprint density at radius 2 is 1.93 bits per heavy atom. The fraction of sp³-hybridized carbons (Fsp3) is 0.476. The molecule has 1 N–H and O–H groups in total. The largest absolute Gasteiger partial charge is 0.481 e. The lowest BCUT2D eigenvalue weighted by atomic mass is 9.81. The van der Waals surface area contributed by atoms with Crippen LogP contribution in [0.4, 0.5) is 0 Å². The topological polar surface area (TPSA) is 73.7 Å². The molecule has 0 radical (unpaired) electrons. The highest BCUT2D eigenvalue weighted by molar-refractivity contribution is 6.07. The number of aromatic nitrogens is 1.